The minimum atomic E-state index is -4.67. The molecule has 1 unspecified atom stereocenters. The van der Waals surface area contributed by atoms with Gasteiger partial charge < -0.3 is 0 Å². The largest absolute Gasteiger partial charge is 0.296 e. The molecule has 0 bridgehead atoms. The molecule has 0 aliphatic carbocycles. The quantitative estimate of drug-likeness (QED) is 0.349. The number of nitrogens with one attached hydrogen (secondary N) is 1. The summed E-state index contributed by atoms with van der Waals surface area (Å²) in [5, 5.41) is 14.9. The Balaban J connectivity index is 1.99. The summed E-state index contributed by atoms with van der Waals surface area (Å²) in [6.45, 7) is 0. The standard InChI is InChI=1S/C15H11N7O4S/c16-22-17-10-6-7-11(12(8-10)27(24,25)26)18-20-14-13(19-21-15(14)23)9-4-2-1-3-5-9/h1-8,14H,(H,21,23)(H,24,25,26). The first-order valence-corrected chi connectivity index (χ1v) is 8.84. The zero-order valence-corrected chi connectivity index (χ0v) is 14.3. The van der Waals surface area contributed by atoms with Crippen molar-refractivity contribution in [1.82, 2.24) is 5.43 Å². The summed E-state index contributed by atoms with van der Waals surface area (Å²) >= 11 is 0. The van der Waals surface area contributed by atoms with Crippen LogP contribution >= 0.6 is 0 Å². The van der Waals surface area contributed by atoms with E-state index >= 15 is 0 Å². The molecule has 0 saturated heterocycles. The Morgan fingerprint density at radius 2 is 1.93 bits per heavy atom. The molecule has 2 aromatic carbocycles. The summed E-state index contributed by atoms with van der Waals surface area (Å²) < 4.78 is 32.5. The molecule has 1 atom stereocenters. The lowest BCUT2D eigenvalue weighted by atomic mass is 10.0. The maximum absolute atomic E-state index is 12.0. The summed E-state index contributed by atoms with van der Waals surface area (Å²) in [6, 6.07) is 11.2. The van der Waals surface area contributed by atoms with Gasteiger partial charge in [0.1, 0.15) is 16.3 Å². The molecule has 3 rings (SSSR count). The van der Waals surface area contributed by atoms with Crippen LogP contribution in [0.4, 0.5) is 11.4 Å². The van der Waals surface area contributed by atoms with Crippen molar-refractivity contribution < 1.29 is 17.8 Å². The second-order valence-electron chi connectivity index (χ2n) is 5.27. The van der Waals surface area contributed by atoms with Gasteiger partial charge in [0.15, 0.2) is 6.04 Å². The van der Waals surface area contributed by atoms with Gasteiger partial charge in [-0.25, -0.2) is 5.43 Å². The zero-order valence-electron chi connectivity index (χ0n) is 13.5. The number of hydrogen-bond acceptors (Lipinski definition) is 7. The number of carbonyl (C=O) groups excluding carboxylic acids is 1. The molecule has 0 spiro atoms. The van der Waals surface area contributed by atoms with E-state index in [1.807, 2.05) is 0 Å². The van der Waals surface area contributed by atoms with Crippen molar-refractivity contribution in [1.29, 1.82) is 0 Å². The number of hydrogen-bond donors (Lipinski definition) is 2. The van der Waals surface area contributed by atoms with Gasteiger partial charge in [-0.3, -0.25) is 9.35 Å². The topological polar surface area (TPSA) is 169 Å². The summed E-state index contributed by atoms with van der Waals surface area (Å²) in [5.74, 6) is -0.531. The molecule has 1 aliphatic rings. The molecule has 2 N–H and O–H groups in total. The van der Waals surface area contributed by atoms with E-state index in [1.165, 1.54) is 12.1 Å². The molecule has 27 heavy (non-hydrogen) atoms. The third-order valence-corrected chi connectivity index (χ3v) is 4.41. The Bertz CT molecular complexity index is 1110. The maximum Gasteiger partial charge on any atom is 0.296 e. The van der Waals surface area contributed by atoms with Crippen LogP contribution in [0.5, 0.6) is 0 Å². The Morgan fingerprint density at radius 1 is 1.19 bits per heavy atom. The van der Waals surface area contributed by atoms with Crippen molar-refractivity contribution >= 4 is 33.1 Å². The molecule has 1 amide bonds. The molecular formula is C15H11N7O4S. The van der Waals surface area contributed by atoms with Gasteiger partial charge in [-0.05, 0) is 17.7 Å². The molecule has 2 aromatic rings. The first-order valence-electron chi connectivity index (χ1n) is 7.40. The highest BCUT2D eigenvalue weighted by Gasteiger charge is 2.31. The fourth-order valence-corrected chi connectivity index (χ4v) is 2.97. The Morgan fingerprint density at radius 3 is 2.59 bits per heavy atom. The van der Waals surface area contributed by atoms with Crippen LogP contribution in [0, 0.1) is 0 Å². The second kappa shape index (κ2) is 7.33. The summed E-state index contributed by atoms with van der Waals surface area (Å²) in [6.07, 6.45) is 0. The number of hydrazone groups is 1. The van der Waals surface area contributed by atoms with Crippen LogP contribution in [0.25, 0.3) is 10.4 Å². The highest BCUT2D eigenvalue weighted by molar-refractivity contribution is 7.86. The minimum absolute atomic E-state index is 0.0331. The van der Waals surface area contributed by atoms with Gasteiger partial charge >= 0.3 is 0 Å². The summed E-state index contributed by atoms with van der Waals surface area (Å²) in [7, 11) is -4.67. The predicted molar refractivity (Wildman–Crippen MR) is 94.5 cm³/mol. The zero-order chi connectivity index (χ0) is 19.4. The van der Waals surface area contributed by atoms with Crippen molar-refractivity contribution in [2.45, 2.75) is 10.9 Å². The molecule has 0 fully saturated rings. The monoisotopic (exact) mass is 385 g/mol. The summed E-state index contributed by atoms with van der Waals surface area (Å²) in [4.78, 5) is 13.9. The van der Waals surface area contributed by atoms with Crippen LogP contribution < -0.4 is 5.43 Å². The normalized spacial score (nSPS) is 16.7. The van der Waals surface area contributed by atoms with Crippen molar-refractivity contribution in [2.24, 2.45) is 20.4 Å². The van der Waals surface area contributed by atoms with Crippen molar-refractivity contribution in [3.63, 3.8) is 0 Å². The van der Waals surface area contributed by atoms with Crippen LogP contribution in [-0.4, -0.2) is 30.6 Å². The molecule has 1 heterocycles. The van der Waals surface area contributed by atoms with E-state index < -0.39 is 27.0 Å². The number of azo groups is 1. The molecule has 136 valence electrons. The number of carbonyl (C=O) groups is 1. The van der Waals surface area contributed by atoms with Gasteiger partial charge in [-0.1, -0.05) is 41.5 Å². The highest BCUT2D eigenvalue weighted by Crippen LogP contribution is 2.29. The lowest BCUT2D eigenvalue weighted by molar-refractivity contribution is -0.120. The van der Waals surface area contributed by atoms with Gasteiger partial charge in [0, 0.05) is 16.2 Å². The lowest BCUT2D eigenvalue weighted by Crippen LogP contribution is -2.27. The number of rotatable bonds is 5. The first kappa shape index (κ1) is 18.2. The van der Waals surface area contributed by atoms with Crippen LogP contribution in [0.2, 0.25) is 0 Å². The van der Waals surface area contributed by atoms with E-state index in [2.05, 4.69) is 30.8 Å². The van der Waals surface area contributed by atoms with Crippen molar-refractivity contribution in [2.75, 3.05) is 0 Å². The first-order chi connectivity index (χ1) is 12.9. The molecule has 0 radical (unpaired) electrons. The fraction of sp³-hybridized carbons (Fsp3) is 0.0667. The molecule has 11 nitrogen and oxygen atoms in total. The third kappa shape index (κ3) is 3.98. The Labute approximate surface area is 152 Å². The van der Waals surface area contributed by atoms with Crippen molar-refractivity contribution in [3.05, 3.63) is 64.5 Å². The van der Waals surface area contributed by atoms with E-state index in [0.29, 0.717) is 11.3 Å². The van der Waals surface area contributed by atoms with Crippen molar-refractivity contribution in [3.8, 4) is 0 Å². The van der Waals surface area contributed by atoms with E-state index in [1.54, 1.807) is 30.3 Å². The average Bonchev–Trinajstić information content (AvgIpc) is 3.01. The van der Waals surface area contributed by atoms with Gasteiger partial charge in [0.2, 0.25) is 0 Å². The van der Waals surface area contributed by atoms with Gasteiger partial charge in [0.05, 0.1) is 0 Å². The maximum atomic E-state index is 12.0. The lowest BCUT2D eigenvalue weighted by Gasteiger charge is -2.06. The van der Waals surface area contributed by atoms with Gasteiger partial charge in [0.25, 0.3) is 16.0 Å². The van der Waals surface area contributed by atoms with Gasteiger partial charge in [-0.15, -0.1) is 0 Å². The average molecular weight is 385 g/mol. The van der Waals surface area contributed by atoms with E-state index in [0.717, 1.165) is 6.07 Å². The molecule has 0 saturated carbocycles. The van der Waals surface area contributed by atoms with Crippen LogP contribution in [0.15, 0.2) is 73.9 Å². The number of amides is 1. The van der Waals surface area contributed by atoms with Crippen LogP contribution in [0.3, 0.4) is 0 Å². The third-order valence-electron chi connectivity index (χ3n) is 3.53. The number of azide groups is 1. The predicted octanol–water partition coefficient (Wildman–Crippen LogP) is 2.86. The van der Waals surface area contributed by atoms with E-state index in [-0.39, 0.29) is 11.4 Å². The molecule has 1 aliphatic heterocycles. The molecular weight excluding hydrogens is 374 g/mol. The van der Waals surface area contributed by atoms with E-state index in [4.69, 9.17) is 5.53 Å². The van der Waals surface area contributed by atoms with Crippen LogP contribution in [0.1, 0.15) is 5.56 Å². The molecule has 0 aromatic heterocycles. The van der Waals surface area contributed by atoms with Gasteiger partial charge in [-0.2, -0.15) is 23.7 Å². The minimum Gasteiger partial charge on any atom is -0.282 e. The fourth-order valence-electron chi connectivity index (χ4n) is 2.33. The number of benzene rings is 2. The smallest absolute Gasteiger partial charge is 0.282 e. The molecule has 12 heteroatoms. The summed E-state index contributed by atoms with van der Waals surface area (Å²) in [5.41, 5.74) is 11.5. The second-order valence-corrected chi connectivity index (χ2v) is 6.66. The SMILES string of the molecule is [N-]=[N+]=Nc1ccc(N=NC2C(=O)NN=C2c2ccccc2)c(S(=O)(=O)O)c1. The van der Waals surface area contributed by atoms with E-state index in [9.17, 15) is 17.8 Å². The Kier molecular flexibility index (Phi) is 4.94. The number of nitrogens with zero attached hydrogens (tertiary/aromatic N) is 6. The highest BCUT2D eigenvalue weighted by atomic mass is 32.2. The van der Waals surface area contributed by atoms with Crippen LogP contribution in [-0.2, 0) is 14.9 Å². The Hall–Kier alpha value is -3.60.